The second kappa shape index (κ2) is 10.7. The molecule has 158 valence electrons. The van der Waals surface area contributed by atoms with Gasteiger partial charge in [-0.05, 0) is 40.7 Å². The molecule has 2 aromatic rings. The first-order chi connectivity index (χ1) is 14.9. The van der Waals surface area contributed by atoms with Gasteiger partial charge in [0.2, 0.25) is 0 Å². The fraction of sp³-hybridized carbons (Fsp3) is 0.385. The van der Waals surface area contributed by atoms with Gasteiger partial charge in [0.1, 0.15) is 0 Å². The Balaban J connectivity index is 1.42. The number of rotatable bonds is 8. The van der Waals surface area contributed by atoms with Crippen molar-refractivity contribution in [2.24, 2.45) is 0 Å². The molecule has 0 saturated carbocycles. The lowest BCUT2D eigenvalue weighted by molar-refractivity contribution is 0.0260. The number of piperidine rings is 1. The fourth-order valence-corrected chi connectivity index (χ4v) is 4.32. The molecule has 1 N–H and O–H groups in total. The first kappa shape index (κ1) is 21.0. The Morgan fingerprint density at radius 2 is 1.30 bits per heavy atom. The molecule has 0 aromatic heterocycles. The quantitative estimate of drug-likeness (QED) is 0.573. The average Bonchev–Trinajstić information content (AvgIpc) is 2.96. The minimum Gasteiger partial charge on any atom is -0.394 e. The fourth-order valence-electron chi connectivity index (χ4n) is 4.32. The maximum absolute atomic E-state index is 8.70. The van der Waals surface area contributed by atoms with Crippen LogP contribution < -0.4 is 0 Å². The zero-order chi connectivity index (χ0) is 20.6. The molecule has 30 heavy (non-hydrogen) atoms. The number of nitrogens with zero attached hydrogens (tertiary/aromatic N) is 1. The number of aliphatic hydroxyl groups is 1. The maximum Gasteiger partial charge on any atom is 0.0701 e. The molecule has 0 unspecified atom stereocenters. The van der Waals surface area contributed by atoms with Crippen LogP contribution in [0.15, 0.2) is 54.1 Å². The third-order valence-corrected chi connectivity index (χ3v) is 5.88. The smallest absolute Gasteiger partial charge is 0.0701 e. The zero-order valence-corrected chi connectivity index (χ0v) is 17.6. The second-order valence-corrected chi connectivity index (χ2v) is 7.78. The molecular weight excluding hydrogens is 374 g/mol. The lowest BCUT2D eigenvalue weighted by atomic mass is 9.86. The summed E-state index contributed by atoms with van der Waals surface area (Å²) in [5, 5.41) is 8.70. The average molecular weight is 406 g/mol. The SMILES string of the molecule is OCCOCCOCCN1CCC(=C2c3ccccc3C=Cc3ccccc32)CC1. The van der Waals surface area contributed by atoms with E-state index in [0.29, 0.717) is 19.8 Å². The maximum atomic E-state index is 8.70. The first-order valence-electron chi connectivity index (χ1n) is 10.9. The van der Waals surface area contributed by atoms with E-state index in [-0.39, 0.29) is 6.61 Å². The van der Waals surface area contributed by atoms with E-state index in [9.17, 15) is 0 Å². The van der Waals surface area contributed by atoms with Crippen LogP contribution in [0, 0.1) is 0 Å². The molecular formula is C26H31NO3. The zero-order valence-electron chi connectivity index (χ0n) is 17.6. The summed E-state index contributed by atoms with van der Waals surface area (Å²) in [6.07, 6.45) is 6.69. The molecule has 0 bridgehead atoms. The molecule has 0 spiro atoms. The number of hydrogen-bond acceptors (Lipinski definition) is 4. The van der Waals surface area contributed by atoms with Crippen molar-refractivity contribution in [1.82, 2.24) is 4.90 Å². The lowest BCUT2D eigenvalue weighted by Crippen LogP contribution is -2.34. The number of likely N-dealkylation sites (tertiary alicyclic amines) is 1. The molecule has 0 radical (unpaired) electrons. The van der Waals surface area contributed by atoms with Crippen LogP contribution in [0.1, 0.15) is 35.1 Å². The van der Waals surface area contributed by atoms with Crippen molar-refractivity contribution in [3.63, 3.8) is 0 Å². The van der Waals surface area contributed by atoms with Crippen molar-refractivity contribution in [2.75, 3.05) is 52.7 Å². The van der Waals surface area contributed by atoms with Crippen LogP contribution >= 0.6 is 0 Å². The molecule has 2 aliphatic rings. The monoisotopic (exact) mass is 405 g/mol. The molecule has 0 atom stereocenters. The van der Waals surface area contributed by atoms with Gasteiger partial charge in [0.05, 0.1) is 33.0 Å². The van der Waals surface area contributed by atoms with E-state index in [1.165, 1.54) is 27.8 Å². The van der Waals surface area contributed by atoms with Gasteiger partial charge in [0, 0.05) is 19.6 Å². The molecule has 1 heterocycles. The molecule has 4 heteroatoms. The van der Waals surface area contributed by atoms with Gasteiger partial charge in [-0.25, -0.2) is 0 Å². The van der Waals surface area contributed by atoms with Crippen molar-refractivity contribution < 1.29 is 14.6 Å². The van der Waals surface area contributed by atoms with Crippen molar-refractivity contribution in [2.45, 2.75) is 12.8 Å². The van der Waals surface area contributed by atoms with Gasteiger partial charge in [-0.3, -0.25) is 0 Å². The molecule has 2 aromatic carbocycles. The highest BCUT2D eigenvalue weighted by atomic mass is 16.5. The number of fused-ring (bicyclic) bond motifs is 2. The number of ether oxygens (including phenoxy) is 2. The van der Waals surface area contributed by atoms with Crippen molar-refractivity contribution in [1.29, 1.82) is 0 Å². The van der Waals surface area contributed by atoms with Crippen molar-refractivity contribution >= 4 is 17.7 Å². The minimum atomic E-state index is 0.0661. The molecule has 1 aliphatic heterocycles. The highest BCUT2D eigenvalue weighted by Gasteiger charge is 2.22. The summed E-state index contributed by atoms with van der Waals surface area (Å²) >= 11 is 0. The molecule has 4 rings (SSSR count). The molecule has 0 amide bonds. The third kappa shape index (κ3) is 5.08. The Morgan fingerprint density at radius 3 is 1.90 bits per heavy atom. The van der Waals surface area contributed by atoms with E-state index in [1.54, 1.807) is 5.57 Å². The summed E-state index contributed by atoms with van der Waals surface area (Å²) in [7, 11) is 0. The largest absolute Gasteiger partial charge is 0.394 e. The molecule has 1 saturated heterocycles. The van der Waals surface area contributed by atoms with E-state index in [0.717, 1.165) is 39.1 Å². The van der Waals surface area contributed by atoms with Gasteiger partial charge < -0.3 is 19.5 Å². The van der Waals surface area contributed by atoms with E-state index >= 15 is 0 Å². The van der Waals surface area contributed by atoms with Gasteiger partial charge >= 0.3 is 0 Å². The standard InChI is InChI=1S/C26H31NO3/c28-16-18-30-20-19-29-17-15-27-13-11-23(12-14-27)26-24-7-3-1-5-21(24)9-10-22-6-2-4-8-25(22)26/h1-10,28H,11-20H2. The van der Waals surface area contributed by atoms with E-state index < -0.39 is 0 Å². The summed E-state index contributed by atoms with van der Waals surface area (Å²) in [5.41, 5.74) is 8.31. The first-order valence-corrected chi connectivity index (χ1v) is 10.9. The van der Waals surface area contributed by atoms with Crippen LogP contribution in [0.3, 0.4) is 0 Å². The molecule has 1 fully saturated rings. The van der Waals surface area contributed by atoms with Crippen LogP contribution in [0.4, 0.5) is 0 Å². The van der Waals surface area contributed by atoms with Crippen LogP contribution in [0.25, 0.3) is 17.7 Å². The van der Waals surface area contributed by atoms with Crippen LogP contribution in [-0.2, 0) is 9.47 Å². The predicted octanol–water partition coefficient (Wildman–Crippen LogP) is 4.09. The molecule has 4 nitrogen and oxygen atoms in total. The highest BCUT2D eigenvalue weighted by Crippen LogP contribution is 2.38. The summed E-state index contributed by atoms with van der Waals surface area (Å²) in [6, 6.07) is 17.5. The number of aliphatic hydroxyl groups excluding tert-OH is 1. The Morgan fingerprint density at radius 1 is 0.733 bits per heavy atom. The summed E-state index contributed by atoms with van der Waals surface area (Å²) < 4.78 is 10.9. The van der Waals surface area contributed by atoms with Crippen LogP contribution in [-0.4, -0.2) is 62.7 Å². The van der Waals surface area contributed by atoms with Gasteiger partial charge in [0.15, 0.2) is 0 Å². The van der Waals surface area contributed by atoms with Gasteiger partial charge in [0.25, 0.3) is 0 Å². The van der Waals surface area contributed by atoms with Gasteiger partial charge in [-0.1, -0.05) is 66.3 Å². The summed E-state index contributed by atoms with van der Waals surface area (Å²) in [5.74, 6) is 0. The highest BCUT2D eigenvalue weighted by molar-refractivity contribution is 5.94. The van der Waals surface area contributed by atoms with Crippen LogP contribution in [0.5, 0.6) is 0 Å². The van der Waals surface area contributed by atoms with Gasteiger partial charge in [-0.15, -0.1) is 0 Å². The van der Waals surface area contributed by atoms with Gasteiger partial charge in [-0.2, -0.15) is 0 Å². The van der Waals surface area contributed by atoms with E-state index in [4.69, 9.17) is 14.6 Å². The Kier molecular flexibility index (Phi) is 7.49. The van der Waals surface area contributed by atoms with E-state index in [1.807, 2.05) is 0 Å². The predicted molar refractivity (Wildman–Crippen MR) is 122 cm³/mol. The number of benzene rings is 2. The second-order valence-electron chi connectivity index (χ2n) is 7.78. The topological polar surface area (TPSA) is 41.9 Å². The summed E-state index contributed by atoms with van der Waals surface area (Å²) in [6.45, 7) is 5.40. The van der Waals surface area contributed by atoms with Crippen molar-refractivity contribution in [3.8, 4) is 0 Å². The minimum absolute atomic E-state index is 0.0661. The van der Waals surface area contributed by atoms with E-state index in [2.05, 4.69) is 65.6 Å². The lowest BCUT2D eigenvalue weighted by Gasteiger charge is -2.30. The van der Waals surface area contributed by atoms with Crippen LogP contribution in [0.2, 0.25) is 0 Å². The Bertz CT molecular complexity index is 841. The Labute approximate surface area is 179 Å². The third-order valence-electron chi connectivity index (χ3n) is 5.88. The van der Waals surface area contributed by atoms with Crippen molar-refractivity contribution in [3.05, 3.63) is 76.4 Å². The normalized spacial score (nSPS) is 16.3. The Hall–Kier alpha value is -2.24. The molecule has 1 aliphatic carbocycles. The summed E-state index contributed by atoms with van der Waals surface area (Å²) in [4.78, 5) is 2.49. The number of hydrogen-bond donors (Lipinski definition) is 1.